The molecule has 2 atom stereocenters. The highest BCUT2D eigenvalue weighted by Crippen LogP contribution is 2.39. The van der Waals surface area contributed by atoms with E-state index in [1.54, 1.807) is 6.33 Å². The Kier molecular flexibility index (Phi) is 5.38. The summed E-state index contributed by atoms with van der Waals surface area (Å²) in [7, 11) is -2.95. The van der Waals surface area contributed by atoms with Crippen LogP contribution < -0.4 is 4.90 Å². The van der Waals surface area contributed by atoms with Crippen LogP contribution in [0.3, 0.4) is 0 Å². The number of H-pyrrole nitrogens is 1. The van der Waals surface area contributed by atoms with E-state index in [-0.39, 0.29) is 11.7 Å². The first kappa shape index (κ1) is 23.4. The number of nitrogens with one attached hydrogen (secondary N) is 1. The lowest BCUT2D eigenvalue weighted by Gasteiger charge is -2.34. The van der Waals surface area contributed by atoms with Gasteiger partial charge in [0.05, 0.1) is 22.5 Å². The summed E-state index contributed by atoms with van der Waals surface area (Å²) in [5.41, 5.74) is 8.68. The summed E-state index contributed by atoms with van der Waals surface area (Å²) in [6, 6.07) is 5.03. The van der Waals surface area contributed by atoms with Crippen molar-refractivity contribution in [2.75, 3.05) is 36.5 Å². The number of anilines is 1. The second-order valence-corrected chi connectivity index (χ2v) is 13.0. The maximum atomic E-state index is 11.6. The Hall–Kier alpha value is -2.98. The minimum absolute atomic E-state index is 0.226. The van der Waals surface area contributed by atoms with Gasteiger partial charge < -0.3 is 9.88 Å². The van der Waals surface area contributed by atoms with Crippen molar-refractivity contribution >= 4 is 32.3 Å². The van der Waals surface area contributed by atoms with Crippen LogP contribution in [0.2, 0.25) is 0 Å². The van der Waals surface area contributed by atoms with E-state index < -0.39 is 9.84 Å². The fourth-order valence-corrected chi connectivity index (χ4v) is 6.62. The molecule has 0 saturated carbocycles. The van der Waals surface area contributed by atoms with Crippen LogP contribution in [0.5, 0.6) is 0 Å². The maximum absolute atomic E-state index is 11.6. The van der Waals surface area contributed by atoms with Crippen molar-refractivity contribution in [1.82, 2.24) is 29.5 Å². The van der Waals surface area contributed by atoms with Crippen molar-refractivity contribution in [1.29, 1.82) is 0 Å². The number of hydrogen-bond donors (Lipinski definition) is 1. The smallest absolute Gasteiger partial charge is 0.158 e. The first-order valence-electron chi connectivity index (χ1n) is 12.6. The molecule has 2 bridgehead atoms. The Morgan fingerprint density at radius 1 is 1.14 bits per heavy atom. The second kappa shape index (κ2) is 8.27. The van der Waals surface area contributed by atoms with Gasteiger partial charge in [0.2, 0.25) is 0 Å². The molecule has 1 N–H and O–H groups in total. The van der Waals surface area contributed by atoms with Crippen molar-refractivity contribution in [3.63, 3.8) is 0 Å². The number of rotatable bonds is 6. The molecule has 190 valence electrons. The maximum Gasteiger partial charge on any atom is 0.158 e. The monoisotopic (exact) mass is 507 g/mol. The Labute approximate surface area is 211 Å². The highest BCUT2D eigenvalue weighted by molar-refractivity contribution is 7.90. The van der Waals surface area contributed by atoms with Crippen molar-refractivity contribution < 1.29 is 8.42 Å². The molecule has 0 radical (unpaired) electrons. The molecule has 2 aliphatic rings. The van der Waals surface area contributed by atoms with Gasteiger partial charge in [-0.15, -0.1) is 0 Å². The molecule has 2 aliphatic heterocycles. The molecule has 0 aromatic carbocycles. The second-order valence-electron chi connectivity index (χ2n) is 10.8. The van der Waals surface area contributed by atoms with Crippen LogP contribution in [0.4, 0.5) is 5.82 Å². The highest BCUT2D eigenvalue weighted by atomic mass is 32.2. The molecule has 0 spiro atoms. The van der Waals surface area contributed by atoms with Crippen LogP contribution >= 0.6 is 0 Å². The van der Waals surface area contributed by atoms with Crippen LogP contribution in [0.25, 0.3) is 27.9 Å². The minimum atomic E-state index is -2.95. The van der Waals surface area contributed by atoms with E-state index in [0.29, 0.717) is 18.6 Å². The minimum Gasteiger partial charge on any atom is -0.353 e. The third-order valence-corrected chi connectivity index (χ3v) is 8.96. The lowest BCUT2D eigenvalue weighted by molar-refractivity contribution is 0.252. The summed E-state index contributed by atoms with van der Waals surface area (Å²) in [5, 5.41) is 4.39. The molecule has 2 fully saturated rings. The Balaban J connectivity index is 1.36. The first-order valence-corrected chi connectivity index (χ1v) is 14.7. The first-order chi connectivity index (χ1) is 17.1. The fourth-order valence-electron chi connectivity index (χ4n) is 6.05. The molecule has 10 heteroatoms. The average Bonchev–Trinajstić information content (AvgIpc) is 3.60. The van der Waals surface area contributed by atoms with E-state index >= 15 is 0 Å². The van der Waals surface area contributed by atoms with Crippen molar-refractivity contribution in [3.8, 4) is 11.3 Å². The third-order valence-electron chi connectivity index (χ3n) is 8.04. The summed E-state index contributed by atoms with van der Waals surface area (Å²) in [6.07, 6.45) is 6.04. The van der Waals surface area contributed by atoms with Gasteiger partial charge in [-0.2, -0.15) is 5.10 Å². The summed E-state index contributed by atoms with van der Waals surface area (Å²) in [6.45, 7) is 11.1. The van der Waals surface area contributed by atoms with Crippen molar-refractivity contribution in [2.45, 2.75) is 52.1 Å². The number of aromatic amines is 1. The topological polar surface area (TPSA) is 99.5 Å². The zero-order chi connectivity index (χ0) is 25.4. The molecule has 2 saturated heterocycles. The summed E-state index contributed by atoms with van der Waals surface area (Å²) in [5.74, 6) is 1.51. The number of aryl methyl sites for hydroxylation is 1. The van der Waals surface area contributed by atoms with Gasteiger partial charge in [0.15, 0.2) is 5.65 Å². The zero-order valence-electron chi connectivity index (χ0n) is 21.5. The number of likely N-dealkylation sites (tertiary alicyclic amines) is 1. The Morgan fingerprint density at radius 2 is 1.94 bits per heavy atom. The molecular formula is C26H33N7O2S. The van der Waals surface area contributed by atoms with E-state index in [0.717, 1.165) is 58.8 Å². The Bertz CT molecular complexity index is 1590. The molecule has 0 aliphatic carbocycles. The van der Waals surface area contributed by atoms with Gasteiger partial charge in [-0.25, -0.2) is 22.9 Å². The summed E-state index contributed by atoms with van der Waals surface area (Å²) >= 11 is 0. The number of aromatic nitrogens is 5. The van der Waals surface area contributed by atoms with Gasteiger partial charge in [0.1, 0.15) is 22.0 Å². The quantitative estimate of drug-likeness (QED) is 0.427. The molecule has 36 heavy (non-hydrogen) atoms. The van der Waals surface area contributed by atoms with E-state index in [9.17, 15) is 8.42 Å². The molecule has 6 rings (SSSR count). The third kappa shape index (κ3) is 3.78. The van der Waals surface area contributed by atoms with Gasteiger partial charge in [0.25, 0.3) is 0 Å². The predicted molar refractivity (Wildman–Crippen MR) is 142 cm³/mol. The lowest BCUT2D eigenvalue weighted by Crippen LogP contribution is -2.47. The number of nitrogens with zero attached hydrogens (tertiary/aromatic N) is 6. The molecular weight excluding hydrogens is 474 g/mol. The zero-order valence-corrected chi connectivity index (χ0v) is 22.3. The molecule has 0 amide bonds. The standard InChI is InChI=1S/C26H33N7O2S/c1-15(2)23-24(20-13-33-26(27-14-28-33)17(4)16(20)3)29-21-6-7-22(30-25(21)23)32-12-18-10-19(32)11-31(18)8-9-36(5,34)35/h6-7,13-15,18-19,29H,8-12H2,1-5H3/t18-,19-/m1/s1. The van der Waals surface area contributed by atoms with Crippen molar-refractivity contribution in [3.05, 3.63) is 41.3 Å². The van der Waals surface area contributed by atoms with Crippen LogP contribution in [0.15, 0.2) is 24.7 Å². The van der Waals surface area contributed by atoms with E-state index in [2.05, 4.69) is 70.9 Å². The molecule has 4 aromatic heterocycles. The SMILES string of the molecule is Cc1c(-c2[nH]c3ccc(N4C[C@H]5C[C@@H]4CN5CCS(C)(=O)=O)nc3c2C(C)C)cn2ncnc2c1C. The van der Waals surface area contributed by atoms with Crippen LogP contribution in [0.1, 0.15) is 42.9 Å². The number of piperazine rings is 1. The average molecular weight is 508 g/mol. The molecule has 9 nitrogen and oxygen atoms in total. The number of hydrogen-bond acceptors (Lipinski definition) is 7. The van der Waals surface area contributed by atoms with Gasteiger partial charge in [0, 0.05) is 55.3 Å². The molecule has 0 unspecified atom stereocenters. The van der Waals surface area contributed by atoms with E-state index in [1.165, 1.54) is 17.4 Å². The predicted octanol–water partition coefficient (Wildman–Crippen LogP) is 3.32. The number of fused-ring (bicyclic) bond motifs is 4. The van der Waals surface area contributed by atoms with Gasteiger partial charge in [-0.3, -0.25) is 4.90 Å². The number of pyridine rings is 2. The van der Waals surface area contributed by atoms with Crippen molar-refractivity contribution in [2.24, 2.45) is 0 Å². The van der Waals surface area contributed by atoms with E-state index in [1.807, 2.05) is 4.52 Å². The van der Waals surface area contributed by atoms with Crippen LogP contribution in [-0.2, 0) is 9.84 Å². The van der Waals surface area contributed by atoms with Gasteiger partial charge in [-0.05, 0) is 49.4 Å². The normalized spacial score (nSPS) is 20.6. The molecule has 4 aromatic rings. The largest absolute Gasteiger partial charge is 0.353 e. The van der Waals surface area contributed by atoms with Crippen LogP contribution in [0, 0.1) is 13.8 Å². The van der Waals surface area contributed by atoms with Crippen LogP contribution in [-0.4, -0.2) is 81.6 Å². The number of sulfone groups is 1. The Morgan fingerprint density at radius 3 is 2.64 bits per heavy atom. The summed E-state index contributed by atoms with van der Waals surface area (Å²) in [4.78, 5) is 18.0. The summed E-state index contributed by atoms with van der Waals surface area (Å²) < 4.78 is 25.1. The fraction of sp³-hybridized carbons (Fsp3) is 0.500. The molecule has 6 heterocycles. The highest BCUT2D eigenvalue weighted by Gasteiger charge is 2.43. The lowest BCUT2D eigenvalue weighted by atomic mass is 9.95. The van der Waals surface area contributed by atoms with Gasteiger partial charge >= 0.3 is 0 Å². The van der Waals surface area contributed by atoms with Gasteiger partial charge in [-0.1, -0.05) is 13.8 Å². The van der Waals surface area contributed by atoms with E-state index in [4.69, 9.17) is 4.98 Å².